The first-order valence-corrected chi connectivity index (χ1v) is 13.2. The van der Waals surface area contributed by atoms with Gasteiger partial charge < -0.3 is 19.8 Å². The fourth-order valence-electron chi connectivity index (χ4n) is 3.46. The molecule has 0 unspecified atom stereocenters. The molecule has 3 aromatic carbocycles. The van der Waals surface area contributed by atoms with Crippen LogP contribution in [0.15, 0.2) is 106 Å². The van der Waals surface area contributed by atoms with Crippen molar-refractivity contribution in [2.24, 2.45) is 10.1 Å². The predicted octanol–water partition coefficient (Wildman–Crippen LogP) is 4.11. The van der Waals surface area contributed by atoms with Crippen LogP contribution in [0.4, 0.5) is 10.5 Å². The number of sulfonamides is 1. The summed E-state index contributed by atoms with van der Waals surface area (Å²) in [5.41, 5.74) is 7.65. The number of benzene rings is 3. The molecule has 10 nitrogen and oxygen atoms in total. The van der Waals surface area contributed by atoms with Crippen LogP contribution in [-0.4, -0.2) is 25.0 Å². The molecule has 0 radical (unpaired) electrons. The number of anilines is 1. The van der Waals surface area contributed by atoms with E-state index < -0.39 is 22.0 Å². The van der Waals surface area contributed by atoms with Crippen LogP contribution in [0.25, 0.3) is 0 Å². The number of carbonyl (C=O) groups excluding carboxylic acids is 2. The average Bonchev–Trinajstić information content (AvgIpc) is 2.90. The summed E-state index contributed by atoms with van der Waals surface area (Å²) in [7, 11) is -4.03. The van der Waals surface area contributed by atoms with Crippen molar-refractivity contribution >= 4 is 27.7 Å². The molecule has 4 rings (SSSR count). The van der Waals surface area contributed by atoms with E-state index in [1.54, 1.807) is 36.4 Å². The van der Waals surface area contributed by atoms with E-state index in [2.05, 4.69) is 9.71 Å². The maximum Gasteiger partial charge on any atom is 0.411 e. The molecule has 0 aliphatic rings. The van der Waals surface area contributed by atoms with Crippen LogP contribution in [0.1, 0.15) is 11.1 Å². The Balaban J connectivity index is 1.46. The van der Waals surface area contributed by atoms with E-state index in [4.69, 9.17) is 15.2 Å². The molecule has 0 fully saturated rings. The Morgan fingerprint density at radius 2 is 1.56 bits per heavy atom. The minimum Gasteiger partial charge on any atom is -0.456 e. The zero-order valence-electron chi connectivity index (χ0n) is 21.0. The Bertz CT molecular complexity index is 1630. The molecular formula is C28H26N4O6S. The van der Waals surface area contributed by atoms with E-state index in [1.165, 1.54) is 35.0 Å². The van der Waals surface area contributed by atoms with Gasteiger partial charge in [-0.25, -0.2) is 4.79 Å². The maximum atomic E-state index is 12.8. The molecule has 0 saturated heterocycles. The number of hydrogen-bond acceptors (Lipinski definition) is 6. The lowest BCUT2D eigenvalue weighted by Crippen LogP contribution is -2.28. The molecule has 0 spiro atoms. The van der Waals surface area contributed by atoms with Crippen molar-refractivity contribution in [1.82, 2.24) is 4.57 Å². The standard InChI is InChI=1S/C28H26N4O6S/c1-20-7-14-25(15-8-20)39(35,36)31-27-16-13-24(17-32(27)18-26(29)33)38-23-11-9-22(10-12-23)30-28(34)37-19-21-5-3-2-4-6-21/h2-17H,18-19H2,1H3,(H2,29,33)(H,30,34)/b31-27-. The number of rotatable bonds is 9. The normalized spacial score (nSPS) is 11.6. The molecule has 39 heavy (non-hydrogen) atoms. The number of carbonyl (C=O) groups is 2. The molecular weight excluding hydrogens is 520 g/mol. The van der Waals surface area contributed by atoms with Gasteiger partial charge in [-0.1, -0.05) is 48.0 Å². The lowest BCUT2D eigenvalue weighted by molar-refractivity contribution is -0.118. The molecule has 0 saturated carbocycles. The zero-order chi connectivity index (χ0) is 27.8. The van der Waals surface area contributed by atoms with Gasteiger partial charge in [0.1, 0.15) is 30.1 Å². The summed E-state index contributed by atoms with van der Waals surface area (Å²) in [5.74, 6) is 0.0580. The molecule has 1 aromatic heterocycles. The van der Waals surface area contributed by atoms with E-state index >= 15 is 0 Å². The maximum absolute atomic E-state index is 12.8. The number of nitrogens with zero attached hydrogens (tertiary/aromatic N) is 2. The highest BCUT2D eigenvalue weighted by molar-refractivity contribution is 7.90. The van der Waals surface area contributed by atoms with Crippen molar-refractivity contribution in [3.05, 3.63) is 114 Å². The molecule has 11 heteroatoms. The fourth-order valence-corrected chi connectivity index (χ4v) is 4.46. The van der Waals surface area contributed by atoms with Crippen molar-refractivity contribution < 1.29 is 27.5 Å². The first-order valence-electron chi connectivity index (χ1n) is 11.8. The van der Waals surface area contributed by atoms with Crippen molar-refractivity contribution in [2.75, 3.05) is 5.32 Å². The number of hydrogen-bond donors (Lipinski definition) is 2. The summed E-state index contributed by atoms with van der Waals surface area (Å²) in [6.45, 7) is 1.68. The fraction of sp³-hybridized carbons (Fsp3) is 0.107. The zero-order valence-corrected chi connectivity index (χ0v) is 21.8. The minimum absolute atomic E-state index is 0.00953. The van der Waals surface area contributed by atoms with E-state index in [0.29, 0.717) is 17.2 Å². The topological polar surface area (TPSA) is 142 Å². The van der Waals surface area contributed by atoms with E-state index in [0.717, 1.165) is 11.1 Å². The van der Waals surface area contributed by atoms with Gasteiger partial charge in [0.25, 0.3) is 10.0 Å². The molecule has 2 amide bonds. The van der Waals surface area contributed by atoms with Gasteiger partial charge in [-0.3, -0.25) is 10.1 Å². The predicted molar refractivity (Wildman–Crippen MR) is 144 cm³/mol. The molecule has 3 N–H and O–H groups in total. The second-order valence-electron chi connectivity index (χ2n) is 8.51. The number of aryl methyl sites for hydroxylation is 1. The van der Waals surface area contributed by atoms with Gasteiger partial charge in [0.2, 0.25) is 5.91 Å². The van der Waals surface area contributed by atoms with Gasteiger partial charge in [0.15, 0.2) is 0 Å². The first-order chi connectivity index (χ1) is 18.7. The summed E-state index contributed by atoms with van der Waals surface area (Å²) < 4.78 is 41.8. The number of pyridine rings is 1. The SMILES string of the molecule is Cc1ccc(S(=O)(=O)/N=c2/ccc(Oc3ccc(NC(=O)OCc4ccccc4)cc3)cn2CC(N)=O)cc1. The molecule has 1 heterocycles. The monoisotopic (exact) mass is 546 g/mol. The van der Waals surface area contributed by atoms with Crippen LogP contribution in [0.3, 0.4) is 0 Å². The van der Waals surface area contributed by atoms with Crippen LogP contribution >= 0.6 is 0 Å². The number of amides is 2. The van der Waals surface area contributed by atoms with Crippen LogP contribution in [0, 0.1) is 6.92 Å². The summed E-state index contributed by atoms with van der Waals surface area (Å²) in [4.78, 5) is 23.7. The van der Waals surface area contributed by atoms with Crippen molar-refractivity contribution in [2.45, 2.75) is 25.0 Å². The highest BCUT2D eigenvalue weighted by atomic mass is 32.2. The van der Waals surface area contributed by atoms with Crippen LogP contribution in [0.2, 0.25) is 0 Å². The number of nitrogens with one attached hydrogen (secondary N) is 1. The lowest BCUT2D eigenvalue weighted by Gasteiger charge is -2.11. The second-order valence-corrected chi connectivity index (χ2v) is 10.1. The largest absolute Gasteiger partial charge is 0.456 e. The highest BCUT2D eigenvalue weighted by Gasteiger charge is 2.13. The Hall–Kier alpha value is -4.90. The number of aromatic nitrogens is 1. The molecule has 4 aromatic rings. The molecule has 0 aliphatic carbocycles. The molecule has 200 valence electrons. The molecule has 0 atom stereocenters. The number of nitrogens with two attached hydrogens (primary N) is 1. The van der Waals surface area contributed by atoms with Gasteiger partial charge >= 0.3 is 6.09 Å². The van der Waals surface area contributed by atoms with Crippen molar-refractivity contribution in [3.8, 4) is 11.5 Å². The van der Waals surface area contributed by atoms with Gasteiger partial charge in [0, 0.05) is 11.9 Å². The highest BCUT2D eigenvalue weighted by Crippen LogP contribution is 2.22. The summed E-state index contributed by atoms with van der Waals surface area (Å²) in [6.07, 6.45) is 0.835. The third kappa shape index (κ3) is 7.79. The number of ether oxygens (including phenoxy) is 2. The Morgan fingerprint density at radius 1 is 0.897 bits per heavy atom. The minimum atomic E-state index is -4.03. The second kappa shape index (κ2) is 12.1. The van der Waals surface area contributed by atoms with Gasteiger partial charge in [-0.2, -0.15) is 8.42 Å². The third-order valence-corrected chi connectivity index (χ3v) is 6.68. The van der Waals surface area contributed by atoms with Crippen molar-refractivity contribution in [1.29, 1.82) is 0 Å². The third-order valence-electron chi connectivity index (χ3n) is 5.38. The first kappa shape index (κ1) is 27.1. The van der Waals surface area contributed by atoms with E-state index in [9.17, 15) is 18.0 Å². The molecule has 0 bridgehead atoms. The number of primary amides is 1. The molecule has 0 aliphatic heterocycles. The summed E-state index contributed by atoms with van der Waals surface area (Å²) in [6, 6.07) is 25.1. The smallest absolute Gasteiger partial charge is 0.411 e. The Kier molecular flexibility index (Phi) is 8.42. The lowest BCUT2D eigenvalue weighted by atomic mass is 10.2. The van der Waals surface area contributed by atoms with Crippen molar-refractivity contribution in [3.63, 3.8) is 0 Å². The van der Waals surface area contributed by atoms with Crippen LogP contribution in [-0.2, 0) is 32.7 Å². The Labute approximate surface area is 225 Å². The average molecular weight is 547 g/mol. The summed E-state index contributed by atoms with van der Waals surface area (Å²) >= 11 is 0. The van der Waals surface area contributed by atoms with Crippen LogP contribution in [0.5, 0.6) is 11.5 Å². The van der Waals surface area contributed by atoms with E-state index in [1.807, 2.05) is 37.3 Å². The van der Waals surface area contributed by atoms with Gasteiger partial charge in [-0.05, 0) is 61.0 Å². The van der Waals surface area contributed by atoms with Gasteiger partial charge in [0.05, 0.1) is 4.90 Å². The van der Waals surface area contributed by atoms with Gasteiger partial charge in [-0.15, -0.1) is 4.40 Å². The Morgan fingerprint density at radius 3 is 2.23 bits per heavy atom. The summed E-state index contributed by atoms with van der Waals surface area (Å²) in [5, 5.41) is 2.64. The van der Waals surface area contributed by atoms with Crippen LogP contribution < -0.4 is 21.3 Å². The quantitative estimate of drug-likeness (QED) is 0.324. The van der Waals surface area contributed by atoms with E-state index in [-0.39, 0.29) is 23.5 Å².